The number of carbonyl (C=O) groups is 3. The van der Waals surface area contributed by atoms with Crippen LogP contribution in [0.5, 0.6) is 5.75 Å². The summed E-state index contributed by atoms with van der Waals surface area (Å²) in [6, 6.07) is 5.16. The summed E-state index contributed by atoms with van der Waals surface area (Å²) in [5.41, 5.74) is 5.20. The summed E-state index contributed by atoms with van der Waals surface area (Å²) < 4.78 is 19.3. The number of aromatic nitrogens is 2. The van der Waals surface area contributed by atoms with Crippen molar-refractivity contribution in [1.82, 2.24) is 15.3 Å². The first-order valence-electron chi connectivity index (χ1n) is 7.30. The highest BCUT2D eigenvalue weighted by Crippen LogP contribution is 2.24. The smallest absolute Gasteiger partial charge is 0.273 e. The molecule has 3 rings (SSSR count). The van der Waals surface area contributed by atoms with Crippen molar-refractivity contribution in [2.75, 3.05) is 6.61 Å². The van der Waals surface area contributed by atoms with Crippen molar-refractivity contribution in [3.63, 3.8) is 0 Å². The Morgan fingerprint density at radius 3 is 2.80 bits per heavy atom. The second-order valence-corrected chi connectivity index (χ2v) is 5.38. The van der Waals surface area contributed by atoms with E-state index in [1.54, 1.807) is 18.2 Å². The molecular formula is C16H13FN4O4. The third kappa shape index (κ3) is 3.44. The third-order valence-corrected chi connectivity index (χ3v) is 3.59. The molecule has 128 valence electrons. The van der Waals surface area contributed by atoms with Gasteiger partial charge >= 0.3 is 0 Å². The van der Waals surface area contributed by atoms with Crippen LogP contribution in [-0.2, 0) is 17.8 Å². The lowest BCUT2D eigenvalue weighted by atomic mass is 10.0. The van der Waals surface area contributed by atoms with Crippen molar-refractivity contribution in [3.8, 4) is 5.75 Å². The summed E-state index contributed by atoms with van der Waals surface area (Å²) in [6.45, 7) is 0.133. The third-order valence-electron chi connectivity index (χ3n) is 3.59. The Balaban J connectivity index is 1.73. The number of hydrogen-bond donors (Lipinski definition) is 2. The van der Waals surface area contributed by atoms with Gasteiger partial charge in [0, 0.05) is 18.5 Å². The molecule has 0 radical (unpaired) electrons. The van der Waals surface area contributed by atoms with Crippen LogP contribution in [0.2, 0.25) is 0 Å². The number of Topliss-reactive ketones (excluding diaryl/α,β-unsaturated/α-hetero) is 1. The molecule has 0 saturated carbocycles. The first kappa shape index (κ1) is 16.5. The summed E-state index contributed by atoms with van der Waals surface area (Å²) in [5, 5.41) is 2.49. The van der Waals surface area contributed by atoms with Crippen LogP contribution < -0.4 is 15.8 Å². The van der Waals surface area contributed by atoms with Crippen LogP contribution in [0.4, 0.5) is 4.39 Å². The average molecular weight is 344 g/mol. The van der Waals surface area contributed by atoms with Crippen LogP contribution in [0.25, 0.3) is 0 Å². The number of nitrogens with one attached hydrogen (secondary N) is 1. The molecule has 2 amide bonds. The van der Waals surface area contributed by atoms with E-state index in [1.807, 2.05) is 0 Å². The monoisotopic (exact) mass is 344 g/mol. The number of fused-ring (bicyclic) bond motifs is 1. The molecule has 0 unspecified atom stereocenters. The molecule has 1 aromatic carbocycles. The van der Waals surface area contributed by atoms with Gasteiger partial charge in [-0.1, -0.05) is 6.07 Å². The molecular weight excluding hydrogens is 331 g/mol. The zero-order valence-electron chi connectivity index (χ0n) is 12.9. The van der Waals surface area contributed by atoms with E-state index in [0.717, 1.165) is 11.9 Å². The summed E-state index contributed by atoms with van der Waals surface area (Å²) in [5.74, 6) is -2.48. The van der Waals surface area contributed by atoms with Gasteiger partial charge < -0.3 is 15.8 Å². The summed E-state index contributed by atoms with van der Waals surface area (Å²) in [6.07, 6.45) is 1.15. The number of benzene rings is 1. The molecule has 9 heteroatoms. The van der Waals surface area contributed by atoms with Crippen LogP contribution in [0, 0.1) is 5.82 Å². The van der Waals surface area contributed by atoms with E-state index < -0.39 is 29.0 Å². The Labute approximate surface area is 141 Å². The fourth-order valence-corrected chi connectivity index (χ4v) is 2.41. The standard InChI is InChI=1S/C16H13FN4O4/c17-12-13(15(18)23)20-7-21-14(12)16(24)19-5-8-1-2-11-9(3-8)4-10(22)6-25-11/h1-3,7H,4-6H2,(H2,18,23)(H,19,24). The molecule has 0 fully saturated rings. The molecule has 2 heterocycles. The maximum atomic E-state index is 14.0. The summed E-state index contributed by atoms with van der Waals surface area (Å²) >= 11 is 0. The number of ether oxygens (including phenoxy) is 1. The number of amides is 2. The highest BCUT2D eigenvalue weighted by Gasteiger charge is 2.21. The van der Waals surface area contributed by atoms with Gasteiger partial charge in [0.05, 0.1) is 0 Å². The van der Waals surface area contributed by atoms with E-state index in [1.165, 1.54) is 0 Å². The van der Waals surface area contributed by atoms with Gasteiger partial charge in [-0.05, 0) is 17.7 Å². The fourth-order valence-electron chi connectivity index (χ4n) is 2.41. The van der Waals surface area contributed by atoms with E-state index in [-0.39, 0.29) is 25.4 Å². The van der Waals surface area contributed by atoms with E-state index in [4.69, 9.17) is 10.5 Å². The molecule has 1 aromatic heterocycles. The number of primary amides is 1. The number of hydrogen-bond acceptors (Lipinski definition) is 6. The van der Waals surface area contributed by atoms with Crippen LogP contribution in [0.1, 0.15) is 32.1 Å². The van der Waals surface area contributed by atoms with Crippen molar-refractivity contribution in [1.29, 1.82) is 0 Å². The van der Waals surface area contributed by atoms with Crippen LogP contribution in [0.15, 0.2) is 24.5 Å². The largest absolute Gasteiger partial charge is 0.486 e. The second kappa shape index (κ2) is 6.63. The normalized spacial score (nSPS) is 12.9. The summed E-state index contributed by atoms with van der Waals surface area (Å²) in [7, 11) is 0. The first-order chi connectivity index (χ1) is 12.0. The molecule has 0 aliphatic carbocycles. The maximum Gasteiger partial charge on any atom is 0.273 e. The van der Waals surface area contributed by atoms with E-state index >= 15 is 0 Å². The predicted octanol–water partition coefficient (Wildman–Crippen LogP) is 0.149. The minimum absolute atomic E-state index is 0.0317. The fraction of sp³-hybridized carbons (Fsp3) is 0.188. The van der Waals surface area contributed by atoms with E-state index in [2.05, 4.69) is 15.3 Å². The van der Waals surface area contributed by atoms with Crippen molar-refractivity contribution in [2.45, 2.75) is 13.0 Å². The van der Waals surface area contributed by atoms with Crippen molar-refractivity contribution < 1.29 is 23.5 Å². The SMILES string of the molecule is NC(=O)c1ncnc(C(=O)NCc2ccc3c(c2)CC(=O)CO3)c1F. The molecule has 0 atom stereocenters. The molecule has 8 nitrogen and oxygen atoms in total. The van der Waals surface area contributed by atoms with Gasteiger partial charge in [0.25, 0.3) is 11.8 Å². The highest BCUT2D eigenvalue weighted by molar-refractivity contribution is 5.97. The number of ketones is 1. The molecule has 0 spiro atoms. The Morgan fingerprint density at radius 1 is 1.28 bits per heavy atom. The van der Waals surface area contributed by atoms with Gasteiger partial charge in [-0.2, -0.15) is 0 Å². The highest BCUT2D eigenvalue weighted by atomic mass is 19.1. The molecule has 0 bridgehead atoms. The predicted molar refractivity (Wildman–Crippen MR) is 82.3 cm³/mol. The molecule has 2 aromatic rings. The van der Waals surface area contributed by atoms with Gasteiger partial charge in [0.15, 0.2) is 23.0 Å². The first-order valence-corrected chi connectivity index (χ1v) is 7.30. The molecule has 0 saturated heterocycles. The van der Waals surface area contributed by atoms with Crippen molar-refractivity contribution >= 4 is 17.6 Å². The zero-order valence-corrected chi connectivity index (χ0v) is 12.9. The van der Waals surface area contributed by atoms with Crippen molar-refractivity contribution in [2.24, 2.45) is 5.73 Å². The van der Waals surface area contributed by atoms with Gasteiger partial charge in [0.1, 0.15) is 18.7 Å². The van der Waals surface area contributed by atoms with Crippen LogP contribution in [0.3, 0.4) is 0 Å². The molecule has 25 heavy (non-hydrogen) atoms. The lowest BCUT2D eigenvalue weighted by Gasteiger charge is -2.17. The second-order valence-electron chi connectivity index (χ2n) is 5.38. The minimum Gasteiger partial charge on any atom is -0.486 e. The minimum atomic E-state index is -1.17. The number of carbonyl (C=O) groups excluding carboxylic acids is 3. The Morgan fingerprint density at radius 2 is 2.04 bits per heavy atom. The van der Waals surface area contributed by atoms with Crippen LogP contribution >= 0.6 is 0 Å². The maximum absolute atomic E-state index is 14.0. The van der Waals surface area contributed by atoms with Gasteiger partial charge in [-0.15, -0.1) is 0 Å². The van der Waals surface area contributed by atoms with E-state index in [0.29, 0.717) is 11.3 Å². The lowest BCUT2D eigenvalue weighted by Crippen LogP contribution is -2.27. The number of nitrogens with zero attached hydrogens (tertiary/aromatic N) is 2. The Kier molecular flexibility index (Phi) is 4.38. The number of rotatable bonds is 4. The summed E-state index contributed by atoms with van der Waals surface area (Å²) in [4.78, 5) is 41.5. The Hall–Kier alpha value is -3.36. The molecule has 3 N–H and O–H groups in total. The zero-order chi connectivity index (χ0) is 18.0. The van der Waals surface area contributed by atoms with Gasteiger partial charge in [0.2, 0.25) is 0 Å². The lowest BCUT2D eigenvalue weighted by molar-refractivity contribution is -0.121. The number of halogens is 1. The Bertz CT molecular complexity index is 884. The van der Waals surface area contributed by atoms with Gasteiger partial charge in [-0.25, -0.2) is 14.4 Å². The van der Waals surface area contributed by atoms with Gasteiger partial charge in [-0.3, -0.25) is 14.4 Å². The number of nitrogens with two attached hydrogens (primary N) is 1. The molecule has 1 aliphatic heterocycles. The van der Waals surface area contributed by atoms with Crippen LogP contribution in [-0.4, -0.2) is 34.2 Å². The van der Waals surface area contributed by atoms with E-state index in [9.17, 15) is 18.8 Å². The van der Waals surface area contributed by atoms with Crippen molar-refractivity contribution in [3.05, 3.63) is 52.9 Å². The molecule has 1 aliphatic rings. The topological polar surface area (TPSA) is 124 Å². The average Bonchev–Trinajstić information content (AvgIpc) is 2.59. The quantitative estimate of drug-likeness (QED) is 0.813.